The van der Waals surface area contributed by atoms with Gasteiger partial charge in [0.1, 0.15) is 11.1 Å². The molecule has 4 amide bonds. The van der Waals surface area contributed by atoms with Crippen molar-refractivity contribution in [3.05, 3.63) is 35.4 Å². The number of hydrogen-bond donors (Lipinski definition) is 4. The number of carboxylic acid groups (broad SMARTS) is 1. The maximum atomic E-state index is 12.3. The van der Waals surface area contributed by atoms with Gasteiger partial charge in [-0.05, 0) is 38.0 Å². The maximum Gasteiger partial charge on any atom is 0.329 e. The maximum absolute atomic E-state index is 12.3. The van der Waals surface area contributed by atoms with Crippen molar-refractivity contribution in [1.82, 2.24) is 16.0 Å². The lowest BCUT2D eigenvalue weighted by molar-refractivity contribution is -0.144. The van der Waals surface area contributed by atoms with E-state index in [1.54, 1.807) is 19.1 Å². The third kappa shape index (κ3) is 3.47. The van der Waals surface area contributed by atoms with E-state index in [-0.39, 0.29) is 5.56 Å². The number of hydrogen-bond acceptors (Lipinski definition) is 4. The average Bonchev–Trinajstić information content (AvgIpc) is 2.81. The molecule has 1 saturated heterocycles. The van der Waals surface area contributed by atoms with Crippen LogP contribution in [-0.2, 0) is 15.1 Å². The second-order valence-electron chi connectivity index (χ2n) is 6.45. The van der Waals surface area contributed by atoms with Crippen LogP contribution in [-0.4, -0.2) is 34.5 Å². The molecule has 4 N–H and O–H groups in total. The average molecular weight is 347 g/mol. The highest BCUT2D eigenvalue weighted by Crippen LogP contribution is 2.24. The van der Waals surface area contributed by atoms with Crippen LogP contribution in [0.5, 0.6) is 0 Å². The van der Waals surface area contributed by atoms with Crippen molar-refractivity contribution in [2.75, 3.05) is 0 Å². The molecule has 8 heteroatoms. The Morgan fingerprint density at radius 1 is 1.24 bits per heavy atom. The second-order valence-corrected chi connectivity index (χ2v) is 6.45. The lowest BCUT2D eigenvalue weighted by Gasteiger charge is -2.26. The highest BCUT2D eigenvalue weighted by molar-refractivity contribution is 6.07. The summed E-state index contributed by atoms with van der Waals surface area (Å²) in [5.74, 6) is -2.09. The Labute approximate surface area is 145 Å². The number of aliphatic carboxylic acids is 1. The molecule has 1 aliphatic rings. The van der Waals surface area contributed by atoms with Crippen LogP contribution in [0.25, 0.3) is 0 Å². The first-order valence-electron chi connectivity index (χ1n) is 7.92. The van der Waals surface area contributed by atoms with Crippen LogP contribution in [0.3, 0.4) is 0 Å². The fourth-order valence-corrected chi connectivity index (χ4v) is 2.75. The van der Waals surface area contributed by atoms with Gasteiger partial charge in [-0.1, -0.05) is 25.5 Å². The Hall–Kier alpha value is -2.90. The standard InChI is InChI=1S/C17H21N3O5/c1-4-9-16(2,14(23)24)19-12(21)10-5-7-11(8-6-10)17(3)13(22)18-15(25)20-17/h5-8H,4,9H2,1-3H3,(H,19,21)(H,23,24)(H2,18,20,22,25). The highest BCUT2D eigenvalue weighted by atomic mass is 16.4. The number of carbonyl (C=O) groups excluding carboxylic acids is 3. The van der Waals surface area contributed by atoms with Gasteiger partial charge in [-0.25, -0.2) is 9.59 Å². The Kier molecular flexibility index (Phi) is 4.82. The number of carboxylic acids is 1. The molecule has 1 aromatic carbocycles. The number of carbonyl (C=O) groups is 4. The summed E-state index contributed by atoms with van der Waals surface area (Å²) in [7, 11) is 0. The van der Waals surface area contributed by atoms with E-state index in [1.165, 1.54) is 19.1 Å². The number of nitrogens with one attached hydrogen (secondary N) is 3. The molecule has 0 aliphatic carbocycles. The second kappa shape index (κ2) is 6.54. The smallest absolute Gasteiger partial charge is 0.329 e. The quantitative estimate of drug-likeness (QED) is 0.574. The molecule has 0 aromatic heterocycles. The lowest BCUT2D eigenvalue weighted by atomic mass is 9.91. The summed E-state index contributed by atoms with van der Waals surface area (Å²) >= 11 is 0. The molecule has 1 aromatic rings. The van der Waals surface area contributed by atoms with E-state index < -0.39 is 34.9 Å². The van der Waals surface area contributed by atoms with Gasteiger partial charge in [0.05, 0.1) is 0 Å². The van der Waals surface area contributed by atoms with Crippen molar-refractivity contribution in [3.63, 3.8) is 0 Å². The van der Waals surface area contributed by atoms with Crippen LogP contribution in [0.1, 0.15) is 49.5 Å². The van der Waals surface area contributed by atoms with Gasteiger partial charge >= 0.3 is 12.0 Å². The molecule has 25 heavy (non-hydrogen) atoms. The molecule has 8 nitrogen and oxygen atoms in total. The first-order chi connectivity index (χ1) is 11.6. The van der Waals surface area contributed by atoms with Crippen LogP contribution in [0.4, 0.5) is 4.79 Å². The summed E-state index contributed by atoms with van der Waals surface area (Å²) in [6.07, 6.45) is 0.908. The predicted octanol–water partition coefficient (Wildman–Crippen LogP) is 1.11. The van der Waals surface area contributed by atoms with E-state index >= 15 is 0 Å². The Balaban J connectivity index is 2.20. The van der Waals surface area contributed by atoms with Crippen molar-refractivity contribution in [1.29, 1.82) is 0 Å². The number of urea groups is 1. The zero-order valence-electron chi connectivity index (χ0n) is 14.3. The third-order valence-electron chi connectivity index (χ3n) is 4.38. The summed E-state index contributed by atoms with van der Waals surface area (Å²) < 4.78 is 0. The molecule has 2 atom stereocenters. The van der Waals surface area contributed by atoms with Gasteiger partial charge in [-0.2, -0.15) is 0 Å². The Morgan fingerprint density at radius 2 is 1.84 bits per heavy atom. The van der Waals surface area contributed by atoms with E-state index in [1.807, 2.05) is 6.92 Å². The zero-order chi connectivity index (χ0) is 18.8. The van der Waals surface area contributed by atoms with Crippen molar-refractivity contribution in [2.45, 2.75) is 44.7 Å². The fourth-order valence-electron chi connectivity index (χ4n) is 2.75. The molecule has 0 spiro atoms. The van der Waals surface area contributed by atoms with Gasteiger partial charge < -0.3 is 15.7 Å². The normalized spacial score (nSPS) is 21.9. The first kappa shape index (κ1) is 18.4. The van der Waals surface area contributed by atoms with Gasteiger partial charge in [-0.3, -0.25) is 14.9 Å². The number of imide groups is 1. The van der Waals surface area contributed by atoms with Gasteiger partial charge in [0.2, 0.25) is 0 Å². The summed E-state index contributed by atoms with van der Waals surface area (Å²) in [6, 6.07) is 5.51. The van der Waals surface area contributed by atoms with Gasteiger partial charge in [0.25, 0.3) is 11.8 Å². The topological polar surface area (TPSA) is 125 Å². The summed E-state index contributed by atoms with van der Waals surface area (Å²) in [5, 5.41) is 16.6. The van der Waals surface area contributed by atoms with E-state index in [0.717, 1.165) is 0 Å². The van der Waals surface area contributed by atoms with Crippen LogP contribution in [0, 0.1) is 0 Å². The molecule has 1 aliphatic heterocycles. The zero-order valence-corrected chi connectivity index (χ0v) is 14.3. The third-order valence-corrected chi connectivity index (χ3v) is 4.38. The van der Waals surface area contributed by atoms with Crippen LogP contribution in [0.2, 0.25) is 0 Å². The summed E-state index contributed by atoms with van der Waals surface area (Å²) in [5.41, 5.74) is -1.78. The number of rotatable bonds is 6. The predicted molar refractivity (Wildman–Crippen MR) is 88.9 cm³/mol. The molecule has 1 heterocycles. The lowest BCUT2D eigenvalue weighted by Crippen LogP contribution is -2.52. The van der Waals surface area contributed by atoms with E-state index in [0.29, 0.717) is 18.4 Å². The van der Waals surface area contributed by atoms with E-state index in [4.69, 9.17) is 0 Å². The Bertz CT molecular complexity index is 730. The van der Waals surface area contributed by atoms with Gasteiger partial charge in [-0.15, -0.1) is 0 Å². The summed E-state index contributed by atoms with van der Waals surface area (Å²) in [4.78, 5) is 47.0. The molecular weight excluding hydrogens is 326 g/mol. The van der Waals surface area contributed by atoms with Crippen molar-refractivity contribution >= 4 is 23.8 Å². The largest absolute Gasteiger partial charge is 0.480 e. The highest BCUT2D eigenvalue weighted by Gasteiger charge is 2.43. The van der Waals surface area contributed by atoms with Crippen LogP contribution >= 0.6 is 0 Å². The van der Waals surface area contributed by atoms with Crippen molar-refractivity contribution in [2.24, 2.45) is 0 Å². The van der Waals surface area contributed by atoms with Gasteiger partial charge in [0.15, 0.2) is 0 Å². The van der Waals surface area contributed by atoms with Crippen LogP contribution in [0.15, 0.2) is 24.3 Å². The minimum atomic E-state index is -1.35. The van der Waals surface area contributed by atoms with Gasteiger partial charge in [0, 0.05) is 5.56 Å². The first-order valence-corrected chi connectivity index (χ1v) is 7.92. The molecule has 0 saturated carbocycles. The number of amides is 4. The molecule has 2 unspecified atom stereocenters. The minimum absolute atomic E-state index is 0.264. The molecule has 0 radical (unpaired) electrons. The molecule has 1 fully saturated rings. The van der Waals surface area contributed by atoms with E-state index in [2.05, 4.69) is 16.0 Å². The number of benzene rings is 1. The van der Waals surface area contributed by atoms with Crippen molar-refractivity contribution < 1.29 is 24.3 Å². The van der Waals surface area contributed by atoms with Crippen LogP contribution < -0.4 is 16.0 Å². The molecule has 2 rings (SSSR count). The summed E-state index contributed by atoms with van der Waals surface area (Å²) in [6.45, 7) is 4.86. The SMILES string of the molecule is CCCC(C)(NC(=O)c1ccc(C2(C)NC(=O)NC2=O)cc1)C(=O)O. The van der Waals surface area contributed by atoms with E-state index in [9.17, 15) is 24.3 Å². The Morgan fingerprint density at radius 3 is 2.28 bits per heavy atom. The van der Waals surface area contributed by atoms with Crippen molar-refractivity contribution in [3.8, 4) is 0 Å². The molecular formula is C17H21N3O5. The molecule has 134 valence electrons. The fraction of sp³-hybridized carbons (Fsp3) is 0.412. The molecule has 0 bridgehead atoms. The monoisotopic (exact) mass is 347 g/mol. The minimum Gasteiger partial charge on any atom is -0.480 e.